The molecule has 0 bridgehead atoms. The SMILES string of the molecule is CCCC1C(=O)NC(CC)C(=O)N1CC(CC)CC. The number of hydrogen-bond donors (Lipinski definition) is 1. The highest BCUT2D eigenvalue weighted by atomic mass is 16.2. The Labute approximate surface area is 116 Å². The van der Waals surface area contributed by atoms with E-state index >= 15 is 0 Å². The van der Waals surface area contributed by atoms with Crippen molar-refractivity contribution in [2.45, 2.75) is 71.9 Å². The van der Waals surface area contributed by atoms with E-state index < -0.39 is 0 Å². The lowest BCUT2D eigenvalue weighted by atomic mass is 9.97. The number of nitrogens with zero attached hydrogens (tertiary/aromatic N) is 1. The molecule has 0 aliphatic carbocycles. The summed E-state index contributed by atoms with van der Waals surface area (Å²) in [4.78, 5) is 26.5. The zero-order valence-electron chi connectivity index (χ0n) is 12.7. The monoisotopic (exact) mass is 268 g/mol. The van der Waals surface area contributed by atoms with E-state index in [4.69, 9.17) is 0 Å². The number of carbonyl (C=O) groups excluding carboxylic acids is 2. The zero-order valence-corrected chi connectivity index (χ0v) is 12.7. The normalized spacial score (nSPS) is 23.9. The number of amides is 2. The van der Waals surface area contributed by atoms with E-state index in [1.54, 1.807) is 0 Å². The average Bonchev–Trinajstić information content (AvgIpc) is 2.42. The zero-order chi connectivity index (χ0) is 14.4. The molecule has 1 aliphatic rings. The number of nitrogens with one attached hydrogen (secondary N) is 1. The summed E-state index contributed by atoms with van der Waals surface area (Å²) in [7, 11) is 0. The van der Waals surface area contributed by atoms with Crippen LogP contribution in [0.3, 0.4) is 0 Å². The molecule has 0 aromatic carbocycles. The molecule has 19 heavy (non-hydrogen) atoms. The standard InChI is InChI=1S/C15H28N2O2/c1-5-9-13-14(18)16-12(8-4)15(19)17(13)10-11(6-2)7-3/h11-13H,5-10H2,1-4H3,(H,16,18). The Morgan fingerprint density at radius 2 is 1.79 bits per heavy atom. The van der Waals surface area contributed by atoms with Crippen LogP contribution in [0.5, 0.6) is 0 Å². The van der Waals surface area contributed by atoms with Gasteiger partial charge in [-0.05, 0) is 18.8 Å². The highest BCUT2D eigenvalue weighted by Gasteiger charge is 2.39. The summed E-state index contributed by atoms with van der Waals surface area (Å²) in [5.74, 6) is 0.624. The molecule has 0 spiro atoms. The number of rotatable bonds is 7. The van der Waals surface area contributed by atoms with Gasteiger partial charge in [0.15, 0.2) is 0 Å². The third kappa shape index (κ3) is 3.71. The van der Waals surface area contributed by atoms with E-state index in [0.29, 0.717) is 12.3 Å². The van der Waals surface area contributed by atoms with Crippen LogP contribution in [0.4, 0.5) is 0 Å². The van der Waals surface area contributed by atoms with Crippen molar-refractivity contribution in [3.63, 3.8) is 0 Å². The number of piperazine rings is 1. The molecule has 0 radical (unpaired) electrons. The Kier molecular flexibility index (Phi) is 6.32. The van der Waals surface area contributed by atoms with E-state index in [-0.39, 0.29) is 23.9 Å². The molecule has 4 heteroatoms. The van der Waals surface area contributed by atoms with Crippen molar-refractivity contribution in [2.24, 2.45) is 5.92 Å². The maximum Gasteiger partial charge on any atom is 0.245 e. The second-order valence-corrected chi connectivity index (χ2v) is 5.45. The number of carbonyl (C=O) groups is 2. The highest BCUT2D eigenvalue weighted by molar-refractivity contribution is 5.96. The summed E-state index contributed by atoms with van der Waals surface area (Å²) in [6, 6.07) is -0.587. The first-order valence-corrected chi connectivity index (χ1v) is 7.69. The maximum atomic E-state index is 12.5. The van der Waals surface area contributed by atoms with Gasteiger partial charge in [0.2, 0.25) is 11.8 Å². The first-order chi connectivity index (χ1) is 9.08. The highest BCUT2D eigenvalue weighted by Crippen LogP contribution is 2.20. The fourth-order valence-corrected chi connectivity index (χ4v) is 2.70. The first kappa shape index (κ1) is 16.0. The Morgan fingerprint density at radius 3 is 2.26 bits per heavy atom. The summed E-state index contributed by atoms with van der Waals surface area (Å²) in [5.41, 5.74) is 0. The van der Waals surface area contributed by atoms with Gasteiger partial charge in [-0.3, -0.25) is 9.59 Å². The second kappa shape index (κ2) is 7.51. The lowest BCUT2D eigenvalue weighted by Crippen LogP contribution is -2.63. The van der Waals surface area contributed by atoms with Gasteiger partial charge in [-0.1, -0.05) is 47.0 Å². The minimum absolute atomic E-state index is 0.0271. The largest absolute Gasteiger partial charge is 0.343 e. The van der Waals surface area contributed by atoms with Crippen molar-refractivity contribution in [2.75, 3.05) is 6.54 Å². The number of hydrogen-bond acceptors (Lipinski definition) is 2. The van der Waals surface area contributed by atoms with Crippen LogP contribution in [-0.4, -0.2) is 35.3 Å². The quantitative estimate of drug-likeness (QED) is 0.770. The smallest absolute Gasteiger partial charge is 0.245 e. The minimum Gasteiger partial charge on any atom is -0.343 e. The van der Waals surface area contributed by atoms with Crippen LogP contribution in [0, 0.1) is 5.92 Å². The Balaban J connectivity index is 2.88. The minimum atomic E-state index is -0.324. The Hall–Kier alpha value is -1.06. The molecule has 110 valence electrons. The molecule has 1 fully saturated rings. The van der Waals surface area contributed by atoms with E-state index in [2.05, 4.69) is 26.1 Å². The summed E-state index contributed by atoms with van der Waals surface area (Å²) in [6.07, 6.45) is 4.45. The van der Waals surface area contributed by atoms with Gasteiger partial charge < -0.3 is 10.2 Å². The topological polar surface area (TPSA) is 49.4 Å². The fraction of sp³-hybridized carbons (Fsp3) is 0.867. The van der Waals surface area contributed by atoms with Crippen LogP contribution >= 0.6 is 0 Å². The van der Waals surface area contributed by atoms with Crippen molar-refractivity contribution in [3.05, 3.63) is 0 Å². The van der Waals surface area contributed by atoms with E-state index in [1.165, 1.54) is 0 Å². The van der Waals surface area contributed by atoms with Crippen molar-refractivity contribution in [1.29, 1.82) is 0 Å². The second-order valence-electron chi connectivity index (χ2n) is 5.45. The predicted octanol–water partition coefficient (Wildman–Crippen LogP) is 2.33. The van der Waals surface area contributed by atoms with E-state index in [0.717, 1.165) is 32.2 Å². The van der Waals surface area contributed by atoms with Gasteiger partial charge in [0, 0.05) is 6.54 Å². The van der Waals surface area contributed by atoms with Crippen LogP contribution in [0.15, 0.2) is 0 Å². The summed E-state index contributed by atoms with van der Waals surface area (Å²) < 4.78 is 0. The molecule has 2 unspecified atom stereocenters. The van der Waals surface area contributed by atoms with Gasteiger partial charge in [-0.15, -0.1) is 0 Å². The van der Waals surface area contributed by atoms with Gasteiger partial charge in [0.05, 0.1) is 0 Å². The lowest BCUT2D eigenvalue weighted by Gasteiger charge is -2.40. The van der Waals surface area contributed by atoms with Gasteiger partial charge in [-0.25, -0.2) is 0 Å². The van der Waals surface area contributed by atoms with Gasteiger partial charge in [0.25, 0.3) is 0 Å². The van der Waals surface area contributed by atoms with Gasteiger partial charge in [-0.2, -0.15) is 0 Å². The van der Waals surface area contributed by atoms with Crippen LogP contribution in [0.2, 0.25) is 0 Å². The first-order valence-electron chi connectivity index (χ1n) is 7.69. The van der Waals surface area contributed by atoms with Crippen molar-refractivity contribution >= 4 is 11.8 Å². The molecule has 2 atom stereocenters. The molecule has 2 amide bonds. The van der Waals surface area contributed by atoms with Gasteiger partial charge >= 0.3 is 0 Å². The molecule has 1 aliphatic heterocycles. The Bertz CT molecular complexity index is 313. The summed E-state index contributed by atoms with van der Waals surface area (Å²) in [6.45, 7) is 9.02. The van der Waals surface area contributed by atoms with Crippen molar-refractivity contribution in [1.82, 2.24) is 10.2 Å². The van der Waals surface area contributed by atoms with Crippen LogP contribution in [-0.2, 0) is 9.59 Å². The van der Waals surface area contributed by atoms with Crippen LogP contribution in [0.1, 0.15) is 59.8 Å². The molecular weight excluding hydrogens is 240 g/mol. The van der Waals surface area contributed by atoms with Crippen LogP contribution in [0.25, 0.3) is 0 Å². The van der Waals surface area contributed by atoms with Crippen LogP contribution < -0.4 is 5.32 Å². The third-order valence-corrected chi connectivity index (χ3v) is 4.16. The summed E-state index contributed by atoms with van der Waals surface area (Å²) in [5, 5.41) is 2.86. The molecule has 1 rings (SSSR count). The molecule has 1 saturated heterocycles. The third-order valence-electron chi connectivity index (χ3n) is 4.16. The maximum absolute atomic E-state index is 12.5. The molecule has 1 N–H and O–H groups in total. The van der Waals surface area contributed by atoms with E-state index in [1.807, 2.05) is 11.8 Å². The molecule has 0 aromatic rings. The van der Waals surface area contributed by atoms with E-state index in [9.17, 15) is 9.59 Å². The predicted molar refractivity (Wildman–Crippen MR) is 76.7 cm³/mol. The average molecular weight is 268 g/mol. The summed E-state index contributed by atoms with van der Waals surface area (Å²) >= 11 is 0. The molecule has 1 heterocycles. The lowest BCUT2D eigenvalue weighted by molar-refractivity contribution is -0.150. The molecule has 0 aromatic heterocycles. The molecule has 0 saturated carbocycles. The van der Waals surface area contributed by atoms with Gasteiger partial charge in [0.1, 0.15) is 12.1 Å². The molecule has 4 nitrogen and oxygen atoms in total. The fourth-order valence-electron chi connectivity index (χ4n) is 2.70. The molecular formula is C15H28N2O2. The van der Waals surface area contributed by atoms with Crippen molar-refractivity contribution in [3.8, 4) is 0 Å². The van der Waals surface area contributed by atoms with Crippen molar-refractivity contribution < 1.29 is 9.59 Å². The Morgan fingerprint density at radius 1 is 1.16 bits per heavy atom.